The summed E-state index contributed by atoms with van der Waals surface area (Å²) in [5.41, 5.74) is 0.664. The molecule has 0 amide bonds. The average molecular weight is 256 g/mol. The van der Waals surface area contributed by atoms with E-state index in [0.29, 0.717) is 30.9 Å². The summed E-state index contributed by atoms with van der Waals surface area (Å²) in [7, 11) is 0. The van der Waals surface area contributed by atoms with Gasteiger partial charge < -0.3 is 10.0 Å². The van der Waals surface area contributed by atoms with E-state index in [-0.39, 0.29) is 18.2 Å². The van der Waals surface area contributed by atoms with Crippen LogP contribution in [-0.2, 0) is 0 Å². The molecule has 100 valence electrons. The Hall–Kier alpha value is -1.20. The number of aliphatic hydroxyl groups is 1. The Balaban J connectivity index is 2.07. The highest BCUT2D eigenvalue weighted by Gasteiger charge is 2.20. The lowest BCUT2D eigenvalue weighted by atomic mass is 10.1. The van der Waals surface area contributed by atoms with Crippen LogP contribution in [0, 0.1) is 18.6 Å². The Morgan fingerprint density at radius 3 is 2.39 bits per heavy atom. The van der Waals surface area contributed by atoms with Crippen molar-refractivity contribution in [2.24, 2.45) is 0 Å². The second kappa shape index (κ2) is 5.63. The van der Waals surface area contributed by atoms with Crippen molar-refractivity contribution < 1.29 is 13.9 Å². The van der Waals surface area contributed by atoms with E-state index in [1.807, 2.05) is 4.90 Å². The molecule has 0 aliphatic carbocycles. The van der Waals surface area contributed by atoms with Crippen molar-refractivity contribution in [3.05, 3.63) is 29.3 Å². The van der Waals surface area contributed by atoms with Crippen LogP contribution in [-0.4, -0.2) is 49.3 Å². The molecule has 0 aromatic heterocycles. The summed E-state index contributed by atoms with van der Waals surface area (Å²) in [6.45, 7) is 5.15. The summed E-state index contributed by atoms with van der Waals surface area (Å²) < 4.78 is 27.3. The molecule has 18 heavy (non-hydrogen) atoms. The first kappa shape index (κ1) is 13.2. The summed E-state index contributed by atoms with van der Waals surface area (Å²) in [5.74, 6) is -0.742. The molecule has 1 aliphatic heterocycles. The standard InChI is InChI=1S/C13H18F2N2O/c1-10-8-12(15)13(9-11(10)14)17-4-2-16(3-5-17)6-7-18/h8-9,18H,2-7H2,1H3. The van der Waals surface area contributed by atoms with Gasteiger partial charge in [-0.15, -0.1) is 0 Å². The molecule has 1 fully saturated rings. The largest absolute Gasteiger partial charge is 0.395 e. The molecule has 2 rings (SSSR count). The first-order valence-electron chi connectivity index (χ1n) is 6.15. The molecule has 0 unspecified atom stereocenters. The number of halogens is 2. The molecule has 1 N–H and O–H groups in total. The molecule has 0 bridgehead atoms. The second-order valence-corrected chi connectivity index (χ2v) is 4.61. The van der Waals surface area contributed by atoms with Crippen LogP contribution in [0.4, 0.5) is 14.5 Å². The Morgan fingerprint density at radius 2 is 1.78 bits per heavy atom. The molecule has 3 nitrogen and oxygen atoms in total. The Morgan fingerprint density at radius 1 is 1.11 bits per heavy atom. The molecule has 1 aromatic carbocycles. The van der Waals surface area contributed by atoms with Crippen LogP contribution >= 0.6 is 0 Å². The predicted molar refractivity (Wildman–Crippen MR) is 66.8 cm³/mol. The SMILES string of the molecule is Cc1cc(F)c(N2CCN(CCO)CC2)cc1F. The van der Waals surface area contributed by atoms with Crippen LogP contribution in [0.1, 0.15) is 5.56 Å². The Bertz CT molecular complexity index is 418. The minimum Gasteiger partial charge on any atom is -0.395 e. The number of aliphatic hydroxyl groups excluding tert-OH is 1. The Labute approximate surface area is 106 Å². The number of nitrogens with zero attached hydrogens (tertiary/aromatic N) is 2. The number of anilines is 1. The first-order chi connectivity index (χ1) is 8.61. The summed E-state index contributed by atoms with van der Waals surface area (Å²) >= 11 is 0. The molecular formula is C13H18F2N2O. The predicted octanol–water partition coefficient (Wildman–Crippen LogP) is 1.39. The normalized spacial score (nSPS) is 17.2. The molecule has 1 aromatic rings. The molecule has 0 saturated carbocycles. The van der Waals surface area contributed by atoms with E-state index < -0.39 is 0 Å². The molecule has 1 aliphatic rings. The van der Waals surface area contributed by atoms with Crippen LogP contribution in [0.15, 0.2) is 12.1 Å². The highest BCUT2D eigenvalue weighted by atomic mass is 19.1. The topological polar surface area (TPSA) is 26.7 Å². The van der Waals surface area contributed by atoms with Crippen molar-refractivity contribution in [2.75, 3.05) is 44.2 Å². The number of aryl methyl sites for hydroxylation is 1. The van der Waals surface area contributed by atoms with E-state index >= 15 is 0 Å². The highest BCUT2D eigenvalue weighted by Crippen LogP contribution is 2.23. The maximum Gasteiger partial charge on any atom is 0.146 e. The van der Waals surface area contributed by atoms with E-state index in [1.165, 1.54) is 12.1 Å². The fraction of sp³-hybridized carbons (Fsp3) is 0.538. The van der Waals surface area contributed by atoms with Crippen molar-refractivity contribution in [1.29, 1.82) is 0 Å². The van der Waals surface area contributed by atoms with E-state index in [0.717, 1.165) is 13.1 Å². The summed E-state index contributed by atoms with van der Waals surface area (Å²) in [6, 6.07) is 2.51. The molecule has 1 heterocycles. The number of hydrogen-bond donors (Lipinski definition) is 1. The van der Waals surface area contributed by atoms with Gasteiger partial charge in [0, 0.05) is 38.8 Å². The van der Waals surface area contributed by atoms with Crippen molar-refractivity contribution in [3.8, 4) is 0 Å². The highest BCUT2D eigenvalue weighted by molar-refractivity contribution is 5.50. The lowest BCUT2D eigenvalue weighted by Crippen LogP contribution is -2.47. The third-order valence-electron chi connectivity index (χ3n) is 3.36. The molecule has 0 radical (unpaired) electrons. The third kappa shape index (κ3) is 2.79. The zero-order valence-electron chi connectivity index (χ0n) is 10.5. The third-order valence-corrected chi connectivity index (χ3v) is 3.36. The maximum absolute atomic E-state index is 13.8. The lowest BCUT2D eigenvalue weighted by Gasteiger charge is -2.36. The van der Waals surface area contributed by atoms with Gasteiger partial charge in [0.1, 0.15) is 11.6 Å². The van der Waals surface area contributed by atoms with E-state index in [1.54, 1.807) is 6.92 Å². The number of piperazine rings is 1. The number of rotatable bonds is 3. The fourth-order valence-electron chi connectivity index (χ4n) is 2.23. The number of benzene rings is 1. The molecule has 1 saturated heterocycles. The van der Waals surface area contributed by atoms with E-state index in [9.17, 15) is 8.78 Å². The van der Waals surface area contributed by atoms with Crippen LogP contribution in [0.2, 0.25) is 0 Å². The molecule has 0 atom stereocenters. The van der Waals surface area contributed by atoms with E-state index in [4.69, 9.17) is 5.11 Å². The minimum atomic E-state index is -0.371. The van der Waals surface area contributed by atoms with Gasteiger partial charge in [-0.2, -0.15) is 0 Å². The second-order valence-electron chi connectivity index (χ2n) is 4.61. The number of β-amino-alcohol motifs (C(OH)–C–C–N with tert-alkyl or cyclic N) is 1. The Kier molecular flexibility index (Phi) is 4.14. The van der Waals surface area contributed by atoms with Crippen molar-refractivity contribution in [1.82, 2.24) is 4.90 Å². The molecule has 5 heteroatoms. The quantitative estimate of drug-likeness (QED) is 0.885. The summed E-state index contributed by atoms with van der Waals surface area (Å²) in [5, 5.41) is 8.85. The van der Waals surface area contributed by atoms with Crippen LogP contribution in [0.3, 0.4) is 0 Å². The van der Waals surface area contributed by atoms with Crippen LogP contribution in [0.5, 0.6) is 0 Å². The van der Waals surface area contributed by atoms with Gasteiger partial charge >= 0.3 is 0 Å². The van der Waals surface area contributed by atoms with E-state index in [2.05, 4.69) is 4.90 Å². The summed E-state index contributed by atoms with van der Waals surface area (Å²) in [6.07, 6.45) is 0. The fourth-order valence-corrected chi connectivity index (χ4v) is 2.23. The smallest absolute Gasteiger partial charge is 0.146 e. The van der Waals surface area contributed by atoms with Crippen molar-refractivity contribution in [2.45, 2.75) is 6.92 Å². The maximum atomic E-state index is 13.8. The number of hydrogen-bond acceptors (Lipinski definition) is 3. The van der Waals surface area contributed by atoms with Crippen molar-refractivity contribution >= 4 is 5.69 Å². The monoisotopic (exact) mass is 256 g/mol. The van der Waals surface area contributed by atoms with Gasteiger partial charge in [-0.3, -0.25) is 4.90 Å². The lowest BCUT2D eigenvalue weighted by molar-refractivity contribution is 0.188. The van der Waals surface area contributed by atoms with Gasteiger partial charge in [-0.05, 0) is 18.6 Å². The molecular weight excluding hydrogens is 238 g/mol. The zero-order valence-corrected chi connectivity index (χ0v) is 10.5. The minimum absolute atomic E-state index is 0.132. The van der Waals surface area contributed by atoms with Gasteiger partial charge in [0.15, 0.2) is 0 Å². The van der Waals surface area contributed by atoms with Gasteiger partial charge in [0.05, 0.1) is 12.3 Å². The van der Waals surface area contributed by atoms with Crippen molar-refractivity contribution in [3.63, 3.8) is 0 Å². The van der Waals surface area contributed by atoms with Gasteiger partial charge in [0.25, 0.3) is 0 Å². The van der Waals surface area contributed by atoms with Crippen LogP contribution < -0.4 is 4.90 Å². The average Bonchev–Trinajstić information content (AvgIpc) is 2.35. The van der Waals surface area contributed by atoms with Gasteiger partial charge in [0.2, 0.25) is 0 Å². The molecule has 0 spiro atoms. The van der Waals surface area contributed by atoms with Crippen LogP contribution in [0.25, 0.3) is 0 Å². The van der Waals surface area contributed by atoms with Gasteiger partial charge in [-0.25, -0.2) is 8.78 Å². The van der Waals surface area contributed by atoms with Gasteiger partial charge in [-0.1, -0.05) is 0 Å². The summed E-state index contributed by atoms with van der Waals surface area (Å²) in [4.78, 5) is 3.96. The zero-order chi connectivity index (χ0) is 13.1. The first-order valence-corrected chi connectivity index (χ1v) is 6.15.